The highest BCUT2D eigenvalue weighted by atomic mass is 32.2. The van der Waals surface area contributed by atoms with Crippen LogP contribution in [0, 0.1) is 13.8 Å². The molecule has 50 heavy (non-hydrogen) atoms. The fraction of sp³-hybridized carbons (Fsp3) is 0.195. The van der Waals surface area contributed by atoms with Crippen LogP contribution in [0.4, 0.5) is 4.79 Å². The number of amides is 1. The number of carbonyl (C=O) groups excluding carboxylic acids is 3. The lowest BCUT2D eigenvalue weighted by Crippen LogP contribution is -2.33. The van der Waals surface area contributed by atoms with E-state index in [1.54, 1.807) is 0 Å². The molecule has 0 heterocycles. The summed E-state index contributed by atoms with van der Waals surface area (Å²) in [5.74, 6) is -1.92. The number of rotatable bonds is 12. The van der Waals surface area contributed by atoms with E-state index in [0.717, 1.165) is 44.5 Å². The van der Waals surface area contributed by atoms with Gasteiger partial charge in [0.05, 0.1) is 11.4 Å². The molecule has 256 valence electrons. The Morgan fingerprint density at radius 1 is 0.700 bits per heavy atom. The van der Waals surface area contributed by atoms with Crippen molar-refractivity contribution in [3.63, 3.8) is 0 Å². The zero-order chi connectivity index (χ0) is 34.5. The predicted molar refractivity (Wildman–Crippen MR) is 201 cm³/mol. The molecule has 0 aliphatic heterocycles. The Kier molecular flexibility index (Phi) is 11.5. The number of nitrogens with one attached hydrogen (secondary N) is 1. The number of aryl methyl sites for hydroxylation is 2. The fourth-order valence-electron chi connectivity index (χ4n) is 6.34. The van der Waals surface area contributed by atoms with Crippen molar-refractivity contribution in [2.45, 2.75) is 37.0 Å². The molecule has 1 N–H and O–H groups in total. The zero-order valence-corrected chi connectivity index (χ0v) is 30.3. The molecule has 0 saturated carbocycles. The van der Waals surface area contributed by atoms with Crippen LogP contribution in [-0.2, 0) is 19.4 Å². The molecule has 5 aromatic rings. The van der Waals surface area contributed by atoms with E-state index in [9.17, 15) is 22.8 Å². The minimum Gasteiger partial charge on any atom is -0.449 e. The van der Waals surface area contributed by atoms with Gasteiger partial charge in [0.15, 0.2) is 21.4 Å². The maximum atomic E-state index is 13.4. The number of ether oxygens (including phenoxy) is 1. The lowest BCUT2D eigenvalue weighted by Gasteiger charge is -2.18. The highest BCUT2D eigenvalue weighted by molar-refractivity contribution is 7.92. The SMILES string of the molecule is Cc1ccc(C(CC(=O)c2ccc(S(=O)(=O)CC(=O)CNC(=O)OCC3c4ccccc4-c4ccccc43)cc2)c2ccc(C)cc2)cc1.P. The minimum atomic E-state index is -4.01. The van der Waals surface area contributed by atoms with E-state index in [0.29, 0.717) is 5.56 Å². The summed E-state index contributed by atoms with van der Waals surface area (Å²) in [5.41, 5.74) is 8.98. The maximum Gasteiger partial charge on any atom is 0.407 e. The second-order valence-corrected chi connectivity index (χ2v) is 14.5. The van der Waals surface area contributed by atoms with Gasteiger partial charge in [0.1, 0.15) is 12.4 Å². The first-order valence-electron chi connectivity index (χ1n) is 16.2. The van der Waals surface area contributed by atoms with Crippen LogP contribution in [0.25, 0.3) is 11.1 Å². The molecule has 1 aliphatic carbocycles. The molecule has 0 aromatic heterocycles. The number of hydrogen-bond acceptors (Lipinski definition) is 6. The van der Waals surface area contributed by atoms with Crippen molar-refractivity contribution in [3.05, 3.63) is 160 Å². The highest BCUT2D eigenvalue weighted by Gasteiger charge is 2.29. The third-order valence-corrected chi connectivity index (χ3v) is 10.7. The summed E-state index contributed by atoms with van der Waals surface area (Å²) in [4.78, 5) is 38.5. The van der Waals surface area contributed by atoms with Crippen LogP contribution in [0.2, 0.25) is 0 Å². The van der Waals surface area contributed by atoms with Crippen LogP contribution in [0.1, 0.15) is 62.0 Å². The highest BCUT2D eigenvalue weighted by Crippen LogP contribution is 2.44. The van der Waals surface area contributed by atoms with Crippen LogP contribution < -0.4 is 5.32 Å². The van der Waals surface area contributed by atoms with E-state index in [-0.39, 0.29) is 45.4 Å². The molecule has 0 saturated heterocycles. The molecule has 6 rings (SSSR count). The molecular formula is C41H40NO6PS. The summed E-state index contributed by atoms with van der Waals surface area (Å²) in [7, 11) is -4.01. The van der Waals surface area contributed by atoms with Crippen molar-refractivity contribution in [2.75, 3.05) is 18.9 Å². The number of Topliss-reactive ketones (excluding diaryl/α,β-unsaturated/α-hetero) is 2. The van der Waals surface area contributed by atoms with Gasteiger partial charge in [0.25, 0.3) is 0 Å². The first-order valence-corrected chi connectivity index (χ1v) is 17.8. The van der Waals surface area contributed by atoms with Gasteiger partial charge in [-0.05, 0) is 59.4 Å². The molecule has 1 amide bonds. The summed E-state index contributed by atoms with van der Waals surface area (Å²) in [6.07, 6.45) is -0.594. The molecule has 1 aliphatic rings. The van der Waals surface area contributed by atoms with Gasteiger partial charge in [0, 0.05) is 23.8 Å². The average molecular weight is 706 g/mol. The van der Waals surface area contributed by atoms with Crippen LogP contribution in [0.5, 0.6) is 0 Å². The molecule has 0 radical (unpaired) electrons. The van der Waals surface area contributed by atoms with E-state index in [2.05, 4.69) is 5.32 Å². The van der Waals surface area contributed by atoms with E-state index in [4.69, 9.17) is 4.74 Å². The molecule has 1 unspecified atom stereocenters. The Bertz CT molecular complexity index is 2020. The number of sulfone groups is 1. The third-order valence-electron chi connectivity index (χ3n) is 9.01. The molecule has 9 heteroatoms. The predicted octanol–water partition coefficient (Wildman–Crippen LogP) is 7.65. The smallest absolute Gasteiger partial charge is 0.407 e. The Labute approximate surface area is 296 Å². The van der Waals surface area contributed by atoms with Gasteiger partial charge in [-0.1, -0.05) is 120 Å². The number of carbonyl (C=O) groups is 3. The van der Waals surface area contributed by atoms with Crippen molar-refractivity contribution >= 4 is 37.4 Å². The van der Waals surface area contributed by atoms with E-state index in [1.165, 1.54) is 24.3 Å². The molecule has 0 bridgehead atoms. The van der Waals surface area contributed by atoms with Crippen LogP contribution >= 0.6 is 9.90 Å². The van der Waals surface area contributed by atoms with E-state index in [1.807, 2.05) is 111 Å². The molecule has 0 spiro atoms. The van der Waals surface area contributed by atoms with Gasteiger partial charge < -0.3 is 10.1 Å². The molecule has 7 nitrogen and oxygen atoms in total. The first kappa shape index (κ1) is 36.4. The standard InChI is InChI=1S/C41H37NO6S.H3P/c1-27-11-15-29(16-12-27)38(30-17-13-28(2)14-18-30)23-40(44)31-19-21-33(22-20-31)49(46,47)26-32(43)24-42-41(45)48-25-39-36-9-5-3-7-34(36)35-8-4-6-10-37(35)39;/h3-22,38-39H,23-26H2,1-2H3,(H,42,45);1H3. The lowest BCUT2D eigenvalue weighted by atomic mass is 9.85. The van der Waals surface area contributed by atoms with Gasteiger partial charge >= 0.3 is 6.09 Å². The summed E-state index contributed by atoms with van der Waals surface area (Å²) < 4.78 is 31.6. The van der Waals surface area contributed by atoms with Gasteiger partial charge in [-0.25, -0.2) is 13.2 Å². The maximum absolute atomic E-state index is 13.4. The molecule has 0 fully saturated rings. The number of hydrogen-bond donors (Lipinski definition) is 1. The zero-order valence-electron chi connectivity index (χ0n) is 28.1. The quantitative estimate of drug-likeness (QED) is 0.106. The second kappa shape index (κ2) is 15.8. The number of ketones is 2. The van der Waals surface area contributed by atoms with Gasteiger partial charge in [0.2, 0.25) is 0 Å². The average Bonchev–Trinajstić information content (AvgIpc) is 3.43. The van der Waals surface area contributed by atoms with Crippen molar-refractivity contribution < 1.29 is 27.5 Å². The van der Waals surface area contributed by atoms with Crippen LogP contribution in [-0.4, -0.2) is 45.0 Å². The van der Waals surface area contributed by atoms with Crippen LogP contribution in [0.3, 0.4) is 0 Å². The monoisotopic (exact) mass is 705 g/mol. The minimum absolute atomic E-state index is 0. The topological polar surface area (TPSA) is 107 Å². The van der Waals surface area contributed by atoms with Gasteiger partial charge in [-0.2, -0.15) is 9.90 Å². The number of benzene rings is 5. The summed E-state index contributed by atoms with van der Waals surface area (Å²) in [6, 6.07) is 37.8. The number of fused-ring (bicyclic) bond motifs is 3. The van der Waals surface area contributed by atoms with Crippen LogP contribution in [0.15, 0.2) is 126 Å². The third kappa shape index (κ3) is 8.27. The van der Waals surface area contributed by atoms with Crippen molar-refractivity contribution in [2.24, 2.45) is 0 Å². The lowest BCUT2D eigenvalue weighted by molar-refractivity contribution is -0.115. The Balaban J connectivity index is 0.00000486. The summed E-state index contributed by atoms with van der Waals surface area (Å²) in [6.45, 7) is 3.61. The Morgan fingerprint density at radius 3 is 1.72 bits per heavy atom. The fourth-order valence-corrected chi connectivity index (χ4v) is 7.59. The van der Waals surface area contributed by atoms with Gasteiger partial charge in [-0.15, -0.1) is 0 Å². The second-order valence-electron chi connectivity index (χ2n) is 12.5. The van der Waals surface area contributed by atoms with Crippen molar-refractivity contribution in [1.82, 2.24) is 5.32 Å². The molecule has 1 atom stereocenters. The largest absolute Gasteiger partial charge is 0.449 e. The van der Waals surface area contributed by atoms with Crippen molar-refractivity contribution in [1.29, 1.82) is 0 Å². The van der Waals surface area contributed by atoms with E-state index < -0.39 is 34.0 Å². The summed E-state index contributed by atoms with van der Waals surface area (Å²) in [5, 5.41) is 2.38. The molecule has 5 aromatic carbocycles. The first-order chi connectivity index (χ1) is 23.6. The Hall–Kier alpha value is -4.91. The van der Waals surface area contributed by atoms with Gasteiger partial charge in [-0.3, -0.25) is 9.59 Å². The number of alkyl carbamates (subject to hydrolysis) is 1. The Morgan fingerprint density at radius 2 is 1.20 bits per heavy atom. The normalized spacial score (nSPS) is 12.1. The summed E-state index contributed by atoms with van der Waals surface area (Å²) >= 11 is 0. The van der Waals surface area contributed by atoms with E-state index >= 15 is 0 Å². The molecular weight excluding hydrogens is 665 g/mol. The van der Waals surface area contributed by atoms with Crippen molar-refractivity contribution in [3.8, 4) is 11.1 Å².